The molecule has 0 saturated carbocycles. The van der Waals surface area contributed by atoms with E-state index in [1.165, 1.54) is 18.2 Å². The summed E-state index contributed by atoms with van der Waals surface area (Å²) in [6.07, 6.45) is -4.12. The Labute approximate surface area is 110 Å². The lowest BCUT2D eigenvalue weighted by atomic mass is 10.0. The number of hydrogen-bond donors (Lipinski definition) is 2. The molecule has 0 radical (unpaired) electrons. The van der Waals surface area contributed by atoms with Crippen molar-refractivity contribution in [3.63, 3.8) is 0 Å². The second kappa shape index (κ2) is 6.25. The largest absolute Gasteiger partial charge is 0.573 e. The van der Waals surface area contributed by atoms with Crippen LogP contribution in [0.3, 0.4) is 0 Å². The van der Waals surface area contributed by atoms with Gasteiger partial charge in [-0.1, -0.05) is 12.1 Å². The Balaban J connectivity index is 2.62. The average molecular weight is 277 g/mol. The van der Waals surface area contributed by atoms with Gasteiger partial charge in [-0.15, -0.1) is 13.2 Å². The van der Waals surface area contributed by atoms with Crippen molar-refractivity contribution in [1.82, 2.24) is 5.32 Å². The number of nitrogens with one attached hydrogen (secondary N) is 1. The quantitative estimate of drug-likeness (QED) is 0.840. The zero-order valence-corrected chi connectivity index (χ0v) is 10.9. The molecule has 0 aliphatic rings. The Morgan fingerprint density at radius 2 is 1.95 bits per heavy atom. The van der Waals surface area contributed by atoms with Crippen molar-refractivity contribution in [3.8, 4) is 5.75 Å². The van der Waals surface area contributed by atoms with E-state index in [4.69, 9.17) is 5.11 Å². The maximum absolute atomic E-state index is 12.1. The van der Waals surface area contributed by atoms with E-state index in [0.29, 0.717) is 18.5 Å². The predicted molar refractivity (Wildman–Crippen MR) is 65.7 cm³/mol. The van der Waals surface area contributed by atoms with Crippen LogP contribution in [-0.4, -0.2) is 23.6 Å². The number of halogens is 3. The molecule has 3 nitrogen and oxygen atoms in total. The Morgan fingerprint density at radius 1 is 1.26 bits per heavy atom. The molecule has 0 spiro atoms. The Morgan fingerprint density at radius 3 is 2.53 bits per heavy atom. The summed E-state index contributed by atoms with van der Waals surface area (Å²) in [5, 5.41) is 12.1. The molecule has 1 aromatic rings. The lowest BCUT2D eigenvalue weighted by Crippen LogP contribution is -2.39. The van der Waals surface area contributed by atoms with Crippen LogP contribution in [0, 0.1) is 0 Å². The zero-order chi connectivity index (χ0) is 14.5. The number of aliphatic hydroxyl groups excluding tert-OH is 1. The van der Waals surface area contributed by atoms with Crippen LogP contribution >= 0.6 is 0 Å². The number of alkyl halides is 3. The van der Waals surface area contributed by atoms with E-state index >= 15 is 0 Å². The molecule has 0 atom stereocenters. The van der Waals surface area contributed by atoms with Gasteiger partial charge in [0.05, 0.1) is 0 Å². The van der Waals surface area contributed by atoms with Crippen molar-refractivity contribution < 1.29 is 23.0 Å². The first-order chi connectivity index (χ1) is 8.72. The fourth-order valence-corrected chi connectivity index (χ4v) is 1.56. The molecule has 0 saturated heterocycles. The first-order valence-electron chi connectivity index (χ1n) is 5.92. The van der Waals surface area contributed by atoms with Crippen LogP contribution in [0.25, 0.3) is 0 Å². The Hall–Kier alpha value is -1.27. The van der Waals surface area contributed by atoms with Crippen LogP contribution in [0.15, 0.2) is 24.3 Å². The highest BCUT2D eigenvalue weighted by Crippen LogP contribution is 2.23. The van der Waals surface area contributed by atoms with Crippen LogP contribution < -0.4 is 10.1 Å². The van der Waals surface area contributed by atoms with Gasteiger partial charge in [0.2, 0.25) is 0 Å². The number of rotatable bonds is 6. The minimum absolute atomic E-state index is 0.0528. The summed E-state index contributed by atoms with van der Waals surface area (Å²) >= 11 is 0. The molecule has 0 unspecified atom stereocenters. The van der Waals surface area contributed by atoms with Crippen LogP contribution in [0.2, 0.25) is 0 Å². The van der Waals surface area contributed by atoms with Gasteiger partial charge >= 0.3 is 6.36 Å². The van der Waals surface area contributed by atoms with Gasteiger partial charge in [0, 0.05) is 18.7 Å². The van der Waals surface area contributed by atoms with E-state index in [2.05, 4.69) is 10.1 Å². The summed E-state index contributed by atoms with van der Waals surface area (Å²) in [5.41, 5.74) is 0.406. The number of aliphatic hydroxyl groups is 1. The van der Waals surface area contributed by atoms with Gasteiger partial charge < -0.3 is 15.2 Å². The molecule has 19 heavy (non-hydrogen) atoms. The summed E-state index contributed by atoms with van der Waals surface area (Å²) in [7, 11) is 0. The third-order valence-electron chi connectivity index (χ3n) is 2.64. The van der Waals surface area contributed by atoms with Crippen LogP contribution in [0.4, 0.5) is 13.2 Å². The Bertz CT molecular complexity index is 405. The third kappa shape index (κ3) is 6.45. The van der Waals surface area contributed by atoms with E-state index < -0.39 is 6.36 Å². The van der Waals surface area contributed by atoms with Crippen LogP contribution in [0.5, 0.6) is 5.75 Å². The van der Waals surface area contributed by atoms with E-state index in [9.17, 15) is 13.2 Å². The molecule has 1 rings (SSSR count). The molecule has 0 aliphatic carbocycles. The normalized spacial score (nSPS) is 12.5. The van der Waals surface area contributed by atoms with Gasteiger partial charge in [0.25, 0.3) is 0 Å². The maximum atomic E-state index is 12.1. The minimum atomic E-state index is -4.68. The molecule has 1 aromatic carbocycles. The smallest absolute Gasteiger partial charge is 0.406 e. The highest BCUT2D eigenvalue weighted by Gasteiger charge is 2.31. The summed E-state index contributed by atoms with van der Waals surface area (Å²) < 4.78 is 40.1. The highest BCUT2D eigenvalue weighted by molar-refractivity contribution is 5.28. The van der Waals surface area contributed by atoms with Crippen molar-refractivity contribution in [2.24, 2.45) is 0 Å². The first-order valence-corrected chi connectivity index (χ1v) is 5.92. The van der Waals surface area contributed by atoms with Gasteiger partial charge in [0.1, 0.15) is 5.75 Å². The molecule has 0 fully saturated rings. The molecule has 0 bridgehead atoms. The van der Waals surface area contributed by atoms with E-state index in [1.54, 1.807) is 6.07 Å². The van der Waals surface area contributed by atoms with Crippen molar-refractivity contribution in [1.29, 1.82) is 0 Å². The molecule has 0 aliphatic heterocycles. The maximum Gasteiger partial charge on any atom is 0.573 e. The molecular formula is C13H18F3NO2. The zero-order valence-electron chi connectivity index (χ0n) is 10.9. The number of ether oxygens (including phenoxy) is 1. The second-order valence-corrected chi connectivity index (χ2v) is 4.91. The lowest BCUT2D eigenvalue weighted by molar-refractivity contribution is -0.274. The number of hydrogen-bond acceptors (Lipinski definition) is 3. The van der Waals surface area contributed by atoms with Crippen molar-refractivity contribution in [2.75, 3.05) is 6.61 Å². The lowest BCUT2D eigenvalue weighted by Gasteiger charge is -2.25. The molecule has 0 heterocycles. The van der Waals surface area contributed by atoms with Crippen molar-refractivity contribution in [2.45, 2.75) is 38.7 Å². The van der Waals surface area contributed by atoms with Gasteiger partial charge in [0.15, 0.2) is 0 Å². The summed E-state index contributed by atoms with van der Waals surface area (Å²) in [6, 6.07) is 5.83. The molecule has 0 aromatic heterocycles. The highest BCUT2D eigenvalue weighted by atomic mass is 19.4. The Kier molecular flexibility index (Phi) is 5.20. The molecule has 0 amide bonds. The first kappa shape index (κ1) is 15.8. The number of benzene rings is 1. The fourth-order valence-electron chi connectivity index (χ4n) is 1.56. The summed E-state index contributed by atoms with van der Waals surface area (Å²) in [4.78, 5) is 0. The van der Waals surface area contributed by atoms with Gasteiger partial charge in [-0.25, -0.2) is 0 Å². The summed E-state index contributed by atoms with van der Waals surface area (Å²) in [6.45, 7) is 4.29. The molecule has 2 N–H and O–H groups in total. The average Bonchev–Trinajstić information content (AvgIpc) is 2.25. The van der Waals surface area contributed by atoms with E-state index in [0.717, 1.165) is 0 Å². The van der Waals surface area contributed by atoms with Gasteiger partial charge in [-0.3, -0.25) is 0 Å². The molecule has 6 heteroatoms. The van der Waals surface area contributed by atoms with Crippen LogP contribution in [0.1, 0.15) is 25.8 Å². The molecular weight excluding hydrogens is 259 g/mol. The van der Waals surface area contributed by atoms with Crippen molar-refractivity contribution in [3.05, 3.63) is 29.8 Å². The standard InChI is InChI=1S/C13H18F3NO2/c1-12(2,6-7-18)17-9-10-4-3-5-11(8-10)19-13(14,15)16/h3-5,8,17-18H,6-7,9H2,1-2H3. The van der Waals surface area contributed by atoms with Crippen molar-refractivity contribution >= 4 is 0 Å². The summed E-state index contributed by atoms with van der Waals surface area (Å²) in [5.74, 6) is -0.230. The van der Waals surface area contributed by atoms with Gasteiger partial charge in [-0.05, 0) is 38.0 Å². The van der Waals surface area contributed by atoms with E-state index in [1.807, 2.05) is 13.8 Å². The topological polar surface area (TPSA) is 41.5 Å². The fraction of sp³-hybridized carbons (Fsp3) is 0.538. The second-order valence-electron chi connectivity index (χ2n) is 4.91. The predicted octanol–water partition coefficient (Wildman–Crippen LogP) is 2.84. The molecule has 108 valence electrons. The minimum Gasteiger partial charge on any atom is -0.406 e. The third-order valence-corrected chi connectivity index (χ3v) is 2.64. The van der Waals surface area contributed by atoms with E-state index in [-0.39, 0.29) is 17.9 Å². The SMILES string of the molecule is CC(C)(CCO)NCc1cccc(OC(F)(F)F)c1. The monoisotopic (exact) mass is 277 g/mol. The van der Waals surface area contributed by atoms with Crippen LogP contribution in [-0.2, 0) is 6.54 Å². The van der Waals surface area contributed by atoms with Gasteiger partial charge in [-0.2, -0.15) is 0 Å².